The van der Waals surface area contributed by atoms with Gasteiger partial charge in [-0.15, -0.1) is 11.8 Å². The molecule has 0 fully saturated rings. The van der Waals surface area contributed by atoms with E-state index in [1.54, 1.807) is 35.0 Å². The molecular weight excluding hydrogens is 261 g/mol. The summed E-state index contributed by atoms with van der Waals surface area (Å²) in [5.41, 5.74) is 1.89. The van der Waals surface area contributed by atoms with Crippen LogP contribution in [0.2, 0.25) is 0 Å². The van der Waals surface area contributed by atoms with Gasteiger partial charge in [0, 0.05) is 40.8 Å². The largest absolute Gasteiger partial charge is 0.275 e. The average molecular weight is 273 g/mol. The van der Waals surface area contributed by atoms with Crippen LogP contribution in [0.4, 0.5) is 4.39 Å². The van der Waals surface area contributed by atoms with Crippen LogP contribution in [0.1, 0.15) is 0 Å². The van der Waals surface area contributed by atoms with Gasteiger partial charge in [0.05, 0.1) is 11.7 Å². The van der Waals surface area contributed by atoms with Crippen LogP contribution in [0.5, 0.6) is 0 Å². The lowest BCUT2D eigenvalue weighted by Gasteiger charge is -2.05. The van der Waals surface area contributed by atoms with Crippen molar-refractivity contribution in [2.24, 2.45) is 7.05 Å². The maximum Gasteiger partial charge on any atom is 0.142 e. The smallest absolute Gasteiger partial charge is 0.142 e. The quantitative estimate of drug-likeness (QED) is 0.670. The summed E-state index contributed by atoms with van der Waals surface area (Å²) in [6.07, 6.45) is 6.96. The summed E-state index contributed by atoms with van der Waals surface area (Å²) in [6.45, 7) is 0. The minimum Gasteiger partial charge on any atom is -0.275 e. The molecule has 0 saturated heterocycles. The Morgan fingerprint density at radius 2 is 2.11 bits per heavy atom. The van der Waals surface area contributed by atoms with Crippen LogP contribution in [0.25, 0.3) is 22.0 Å². The number of benzene rings is 1. The summed E-state index contributed by atoms with van der Waals surface area (Å²) in [5, 5.41) is 4.62. The molecule has 5 heteroatoms. The van der Waals surface area contributed by atoms with Crippen LogP contribution in [0, 0.1) is 5.82 Å². The molecule has 0 amide bonds. The molecule has 19 heavy (non-hydrogen) atoms. The third kappa shape index (κ3) is 2.10. The molecule has 0 radical (unpaired) electrons. The Labute approximate surface area is 114 Å². The molecule has 0 unspecified atom stereocenters. The number of fused-ring (bicyclic) bond motifs is 1. The van der Waals surface area contributed by atoms with Crippen molar-refractivity contribution < 1.29 is 4.39 Å². The molecule has 0 spiro atoms. The first-order valence-corrected chi connectivity index (χ1v) is 7.03. The van der Waals surface area contributed by atoms with Crippen LogP contribution in [-0.2, 0) is 7.05 Å². The fourth-order valence-electron chi connectivity index (χ4n) is 2.03. The van der Waals surface area contributed by atoms with Crippen LogP contribution in [-0.4, -0.2) is 21.0 Å². The molecule has 2 aromatic heterocycles. The number of halogens is 1. The number of thioether (sulfide) groups is 1. The molecule has 0 aliphatic heterocycles. The third-order valence-electron chi connectivity index (χ3n) is 3.03. The molecule has 0 atom stereocenters. The third-order valence-corrected chi connectivity index (χ3v) is 3.75. The molecule has 0 bridgehead atoms. The minimum absolute atomic E-state index is 0.242. The Morgan fingerprint density at radius 1 is 1.26 bits per heavy atom. The van der Waals surface area contributed by atoms with E-state index in [2.05, 4.69) is 10.1 Å². The lowest BCUT2D eigenvalue weighted by atomic mass is 10.1. The lowest BCUT2D eigenvalue weighted by Crippen LogP contribution is -1.90. The number of aromatic nitrogens is 3. The normalized spacial score (nSPS) is 11.1. The first-order chi connectivity index (χ1) is 9.19. The highest BCUT2D eigenvalue weighted by Gasteiger charge is 2.12. The highest BCUT2D eigenvalue weighted by Crippen LogP contribution is 2.29. The van der Waals surface area contributed by atoms with E-state index in [1.165, 1.54) is 0 Å². The molecule has 0 N–H and O–H groups in total. The van der Waals surface area contributed by atoms with E-state index in [4.69, 9.17) is 0 Å². The standard InChI is InChI=1S/C14H12FN3S/c1-18-8-9(6-17-18)12-7-16-13-4-3-10(19-2)5-11(13)14(12)15/h3-8H,1-2H3. The fourth-order valence-corrected chi connectivity index (χ4v) is 2.47. The second kappa shape index (κ2) is 4.66. The summed E-state index contributed by atoms with van der Waals surface area (Å²) in [4.78, 5) is 5.34. The SMILES string of the molecule is CSc1ccc2ncc(-c3cnn(C)c3)c(F)c2c1. The lowest BCUT2D eigenvalue weighted by molar-refractivity contribution is 0.641. The van der Waals surface area contributed by atoms with Crippen molar-refractivity contribution in [1.29, 1.82) is 0 Å². The van der Waals surface area contributed by atoms with E-state index in [9.17, 15) is 4.39 Å². The molecule has 3 rings (SSSR count). The zero-order valence-electron chi connectivity index (χ0n) is 10.6. The molecule has 3 nitrogen and oxygen atoms in total. The summed E-state index contributed by atoms with van der Waals surface area (Å²) in [5.74, 6) is -0.242. The van der Waals surface area contributed by atoms with Crippen molar-refractivity contribution in [3.63, 3.8) is 0 Å². The highest BCUT2D eigenvalue weighted by molar-refractivity contribution is 7.98. The van der Waals surface area contributed by atoms with Gasteiger partial charge in [-0.2, -0.15) is 5.10 Å². The van der Waals surface area contributed by atoms with E-state index in [-0.39, 0.29) is 5.82 Å². The van der Waals surface area contributed by atoms with E-state index in [0.29, 0.717) is 16.5 Å². The number of nitrogens with zero attached hydrogens (tertiary/aromatic N) is 3. The van der Waals surface area contributed by atoms with Gasteiger partial charge in [-0.05, 0) is 24.5 Å². The number of aryl methyl sites for hydroxylation is 1. The first kappa shape index (κ1) is 12.2. The summed E-state index contributed by atoms with van der Waals surface area (Å²) >= 11 is 1.59. The van der Waals surface area contributed by atoms with Crippen molar-refractivity contribution in [1.82, 2.24) is 14.8 Å². The summed E-state index contributed by atoms with van der Waals surface area (Å²) in [7, 11) is 1.81. The molecule has 2 heterocycles. The van der Waals surface area contributed by atoms with Crippen LogP contribution >= 0.6 is 11.8 Å². The van der Waals surface area contributed by atoms with Gasteiger partial charge in [-0.25, -0.2) is 4.39 Å². The Balaban J connectivity index is 2.24. The first-order valence-electron chi connectivity index (χ1n) is 5.80. The maximum absolute atomic E-state index is 14.6. The summed E-state index contributed by atoms with van der Waals surface area (Å²) in [6, 6.07) is 5.63. The Bertz CT molecular complexity index is 752. The van der Waals surface area contributed by atoms with Crippen LogP contribution < -0.4 is 0 Å². The van der Waals surface area contributed by atoms with Gasteiger partial charge >= 0.3 is 0 Å². The zero-order valence-corrected chi connectivity index (χ0v) is 11.4. The molecule has 0 aliphatic rings. The van der Waals surface area contributed by atoms with E-state index < -0.39 is 0 Å². The Morgan fingerprint density at radius 3 is 2.79 bits per heavy atom. The number of pyridine rings is 1. The molecular formula is C14H12FN3S. The topological polar surface area (TPSA) is 30.7 Å². The van der Waals surface area contributed by atoms with Gasteiger partial charge in [-0.1, -0.05) is 0 Å². The minimum atomic E-state index is -0.242. The zero-order chi connectivity index (χ0) is 13.4. The predicted octanol–water partition coefficient (Wildman–Crippen LogP) is 3.50. The second-order valence-electron chi connectivity index (χ2n) is 4.27. The Kier molecular flexibility index (Phi) is 2.98. The summed E-state index contributed by atoms with van der Waals surface area (Å²) < 4.78 is 16.2. The monoisotopic (exact) mass is 273 g/mol. The van der Waals surface area contributed by atoms with E-state index in [0.717, 1.165) is 10.5 Å². The van der Waals surface area contributed by atoms with Crippen molar-refractivity contribution in [3.05, 3.63) is 42.6 Å². The molecule has 0 saturated carbocycles. The van der Waals surface area contributed by atoms with Gasteiger partial charge in [-0.3, -0.25) is 9.67 Å². The van der Waals surface area contributed by atoms with Gasteiger partial charge in [0.2, 0.25) is 0 Å². The molecule has 1 aromatic carbocycles. The molecule has 96 valence electrons. The predicted molar refractivity (Wildman–Crippen MR) is 75.7 cm³/mol. The molecule has 3 aromatic rings. The van der Waals surface area contributed by atoms with Gasteiger partial charge in [0.1, 0.15) is 5.82 Å². The van der Waals surface area contributed by atoms with Crippen molar-refractivity contribution in [2.45, 2.75) is 4.90 Å². The number of hydrogen-bond acceptors (Lipinski definition) is 3. The van der Waals surface area contributed by atoms with Gasteiger partial charge in [0.25, 0.3) is 0 Å². The van der Waals surface area contributed by atoms with E-state index >= 15 is 0 Å². The second-order valence-corrected chi connectivity index (χ2v) is 5.15. The van der Waals surface area contributed by atoms with Crippen LogP contribution in [0.3, 0.4) is 0 Å². The average Bonchev–Trinajstić information content (AvgIpc) is 2.85. The van der Waals surface area contributed by atoms with Crippen LogP contribution in [0.15, 0.2) is 41.7 Å². The number of hydrogen-bond donors (Lipinski definition) is 0. The van der Waals surface area contributed by atoms with Crippen molar-refractivity contribution in [2.75, 3.05) is 6.26 Å². The fraction of sp³-hybridized carbons (Fsp3) is 0.143. The van der Waals surface area contributed by atoms with E-state index in [1.807, 2.05) is 31.5 Å². The van der Waals surface area contributed by atoms with Crippen molar-refractivity contribution in [3.8, 4) is 11.1 Å². The van der Waals surface area contributed by atoms with Crippen molar-refractivity contribution >= 4 is 22.7 Å². The van der Waals surface area contributed by atoms with Gasteiger partial charge in [0.15, 0.2) is 0 Å². The van der Waals surface area contributed by atoms with Gasteiger partial charge < -0.3 is 0 Å². The molecule has 0 aliphatic carbocycles. The Hall–Kier alpha value is -1.88. The maximum atomic E-state index is 14.6. The highest BCUT2D eigenvalue weighted by atomic mass is 32.2. The number of rotatable bonds is 2.